The van der Waals surface area contributed by atoms with Gasteiger partial charge in [-0.05, 0) is 42.0 Å². The van der Waals surface area contributed by atoms with Crippen molar-refractivity contribution in [3.05, 3.63) is 59.6 Å². The molecule has 0 atom stereocenters. The van der Waals surface area contributed by atoms with Crippen molar-refractivity contribution in [2.45, 2.75) is 12.8 Å². The van der Waals surface area contributed by atoms with Crippen LogP contribution in [0.2, 0.25) is 5.02 Å². The molecule has 27 heavy (non-hydrogen) atoms. The van der Waals surface area contributed by atoms with Crippen molar-refractivity contribution >= 4 is 23.2 Å². The molecule has 1 aromatic heterocycles. The second-order valence-corrected chi connectivity index (χ2v) is 6.47. The number of rotatable bonds is 4. The molecule has 1 aliphatic heterocycles. The van der Waals surface area contributed by atoms with Crippen LogP contribution in [0.5, 0.6) is 11.5 Å². The minimum absolute atomic E-state index is 0.144. The lowest BCUT2D eigenvalue weighted by Crippen LogP contribution is -2.14. The number of amides is 1. The summed E-state index contributed by atoms with van der Waals surface area (Å²) in [5, 5.41) is 7.40. The number of fused-ring (bicyclic) bond motifs is 1. The van der Waals surface area contributed by atoms with E-state index < -0.39 is 0 Å². The van der Waals surface area contributed by atoms with Crippen molar-refractivity contribution in [2.24, 2.45) is 0 Å². The molecule has 0 saturated heterocycles. The van der Waals surface area contributed by atoms with E-state index in [2.05, 4.69) is 15.4 Å². The Kier molecular flexibility index (Phi) is 4.93. The number of anilines is 1. The smallest absolute Gasteiger partial charge is 0.228 e. The molecule has 0 radical (unpaired) electrons. The van der Waals surface area contributed by atoms with Crippen LogP contribution in [0.25, 0.3) is 5.69 Å². The summed E-state index contributed by atoms with van der Waals surface area (Å²) in [5.74, 6) is 0.982. The fraction of sp³-hybridized carbons (Fsp3) is 0.211. The highest BCUT2D eigenvalue weighted by atomic mass is 35.5. The van der Waals surface area contributed by atoms with Gasteiger partial charge in [0.1, 0.15) is 12.7 Å². The first-order valence-corrected chi connectivity index (χ1v) is 8.90. The zero-order valence-corrected chi connectivity index (χ0v) is 15.1. The lowest BCUT2D eigenvalue weighted by Gasteiger charge is -2.12. The van der Waals surface area contributed by atoms with Crippen LogP contribution in [0.15, 0.2) is 49.1 Å². The molecule has 4 rings (SSSR count). The zero-order chi connectivity index (χ0) is 18.6. The van der Waals surface area contributed by atoms with Gasteiger partial charge in [0, 0.05) is 12.1 Å². The topological polar surface area (TPSA) is 78.3 Å². The summed E-state index contributed by atoms with van der Waals surface area (Å²) in [5.41, 5.74) is 2.32. The molecule has 0 saturated carbocycles. The van der Waals surface area contributed by atoms with Gasteiger partial charge in [-0.1, -0.05) is 11.6 Å². The van der Waals surface area contributed by atoms with Gasteiger partial charge >= 0.3 is 0 Å². The number of nitrogens with one attached hydrogen (secondary N) is 1. The second-order valence-electron chi connectivity index (χ2n) is 6.07. The summed E-state index contributed by atoms with van der Waals surface area (Å²) >= 11 is 6.28. The Labute approximate surface area is 160 Å². The number of carbonyl (C=O) groups excluding carboxylic acids is 1. The average Bonchev–Trinajstić information content (AvgIpc) is 3.08. The van der Waals surface area contributed by atoms with E-state index in [-0.39, 0.29) is 12.3 Å². The fourth-order valence-corrected chi connectivity index (χ4v) is 3.10. The van der Waals surface area contributed by atoms with Crippen LogP contribution < -0.4 is 14.8 Å². The first-order valence-electron chi connectivity index (χ1n) is 8.52. The van der Waals surface area contributed by atoms with Crippen molar-refractivity contribution in [3.8, 4) is 17.2 Å². The normalized spacial score (nSPS) is 13.1. The lowest BCUT2D eigenvalue weighted by atomic mass is 10.1. The van der Waals surface area contributed by atoms with Crippen molar-refractivity contribution in [3.63, 3.8) is 0 Å². The molecule has 8 heteroatoms. The van der Waals surface area contributed by atoms with Crippen LogP contribution in [0.1, 0.15) is 12.0 Å². The van der Waals surface area contributed by atoms with E-state index in [9.17, 15) is 4.79 Å². The predicted molar refractivity (Wildman–Crippen MR) is 101 cm³/mol. The molecular weight excluding hydrogens is 368 g/mol. The minimum Gasteiger partial charge on any atom is -0.489 e. The SMILES string of the molecule is O=C(Cc1cc(Cl)c2c(c1)OCCCO2)Nc1ccc(-n2cncn2)cc1. The molecule has 2 heterocycles. The maximum atomic E-state index is 12.4. The Morgan fingerprint density at radius 1 is 1.19 bits per heavy atom. The number of hydrogen-bond donors (Lipinski definition) is 1. The quantitative estimate of drug-likeness (QED) is 0.747. The third kappa shape index (κ3) is 4.03. The molecule has 1 N–H and O–H groups in total. The van der Waals surface area contributed by atoms with Crippen molar-refractivity contribution in [1.82, 2.24) is 14.8 Å². The third-order valence-electron chi connectivity index (χ3n) is 4.06. The van der Waals surface area contributed by atoms with E-state index in [0.29, 0.717) is 35.4 Å². The predicted octanol–water partition coefficient (Wildman–Crippen LogP) is 3.26. The van der Waals surface area contributed by atoms with Crippen LogP contribution >= 0.6 is 11.6 Å². The van der Waals surface area contributed by atoms with Crippen LogP contribution in [-0.4, -0.2) is 33.9 Å². The molecule has 7 nitrogen and oxygen atoms in total. The molecule has 0 spiro atoms. The van der Waals surface area contributed by atoms with Crippen LogP contribution in [0.4, 0.5) is 5.69 Å². The molecule has 0 aliphatic carbocycles. The average molecular weight is 385 g/mol. The zero-order valence-electron chi connectivity index (χ0n) is 14.4. The van der Waals surface area contributed by atoms with Gasteiger partial charge in [0.2, 0.25) is 5.91 Å². The standard InChI is InChI=1S/C19H17ClN4O3/c20-16-8-13(9-17-19(16)27-7-1-6-26-17)10-18(25)23-14-2-4-15(5-3-14)24-12-21-11-22-24/h2-5,8-9,11-12H,1,6-7,10H2,(H,23,25). The van der Waals surface area contributed by atoms with Crippen LogP contribution in [-0.2, 0) is 11.2 Å². The molecule has 2 aromatic carbocycles. The maximum absolute atomic E-state index is 12.4. The summed E-state index contributed by atoms with van der Waals surface area (Å²) in [6, 6.07) is 10.9. The molecule has 0 fully saturated rings. The molecule has 0 unspecified atom stereocenters. The molecular formula is C19H17ClN4O3. The number of aromatic nitrogens is 3. The van der Waals surface area contributed by atoms with Gasteiger partial charge in [0.25, 0.3) is 0 Å². The summed E-state index contributed by atoms with van der Waals surface area (Å²) in [6.45, 7) is 1.13. The highest BCUT2D eigenvalue weighted by molar-refractivity contribution is 6.32. The van der Waals surface area contributed by atoms with E-state index in [1.54, 1.807) is 23.1 Å². The number of hydrogen-bond acceptors (Lipinski definition) is 5. The molecule has 1 aliphatic rings. The van der Waals surface area contributed by atoms with Crippen LogP contribution in [0, 0.1) is 0 Å². The summed E-state index contributed by atoms with van der Waals surface area (Å²) in [4.78, 5) is 16.3. The van der Waals surface area contributed by atoms with E-state index in [0.717, 1.165) is 17.7 Å². The fourth-order valence-electron chi connectivity index (χ4n) is 2.82. The van der Waals surface area contributed by atoms with E-state index in [1.807, 2.05) is 24.3 Å². The number of carbonyl (C=O) groups is 1. The van der Waals surface area contributed by atoms with Gasteiger partial charge < -0.3 is 14.8 Å². The highest BCUT2D eigenvalue weighted by Crippen LogP contribution is 2.38. The first-order chi connectivity index (χ1) is 13.2. The largest absolute Gasteiger partial charge is 0.489 e. The Morgan fingerprint density at radius 2 is 2.00 bits per heavy atom. The summed E-state index contributed by atoms with van der Waals surface area (Å²) in [6.07, 6.45) is 4.06. The summed E-state index contributed by atoms with van der Waals surface area (Å²) in [7, 11) is 0. The monoisotopic (exact) mass is 384 g/mol. The highest BCUT2D eigenvalue weighted by Gasteiger charge is 2.17. The van der Waals surface area contributed by atoms with Crippen molar-refractivity contribution in [1.29, 1.82) is 0 Å². The number of ether oxygens (including phenoxy) is 2. The molecule has 0 bridgehead atoms. The Hall–Kier alpha value is -3.06. The van der Waals surface area contributed by atoms with E-state index in [4.69, 9.17) is 21.1 Å². The van der Waals surface area contributed by atoms with Gasteiger partial charge in [0.15, 0.2) is 11.5 Å². The van der Waals surface area contributed by atoms with Crippen molar-refractivity contribution in [2.75, 3.05) is 18.5 Å². The van der Waals surface area contributed by atoms with Crippen molar-refractivity contribution < 1.29 is 14.3 Å². The Morgan fingerprint density at radius 3 is 2.78 bits per heavy atom. The van der Waals surface area contributed by atoms with Gasteiger partial charge in [-0.2, -0.15) is 5.10 Å². The van der Waals surface area contributed by atoms with Crippen LogP contribution in [0.3, 0.4) is 0 Å². The number of halogens is 1. The Bertz CT molecular complexity index is 942. The van der Waals surface area contributed by atoms with E-state index >= 15 is 0 Å². The molecule has 1 amide bonds. The van der Waals surface area contributed by atoms with Gasteiger partial charge in [-0.3, -0.25) is 4.79 Å². The number of nitrogens with zero attached hydrogens (tertiary/aromatic N) is 3. The van der Waals surface area contributed by atoms with Gasteiger partial charge in [0.05, 0.1) is 30.3 Å². The molecule has 138 valence electrons. The lowest BCUT2D eigenvalue weighted by molar-refractivity contribution is -0.115. The van der Waals surface area contributed by atoms with E-state index in [1.165, 1.54) is 6.33 Å². The second kappa shape index (κ2) is 7.67. The maximum Gasteiger partial charge on any atom is 0.228 e. The summed E-state index contributed by atoms with van der Waals surface area (Å²) < 4.78 is 12.9. The number of benzene rings is 2. The third-order valence-corrected chi connectivity index (χ3v) is 4.34. The van der Waals surface area contributed by atoms with Gasteiger partial charge in [-0.15, -0.1) is 0 Å². The first kappa shape index (κ1) is 17.4. The Balaban J connectivity index is 1.43. The minimum atomic E-state index is -0.144. The molecule has 3 aromatic rings. The van der Waals surface area contributed by atoms with Gasteiger partial charge in [-0.25, -0.2) is 9.67 Å².